The van der Waals surface area contributed by atoms with Crippen molar-refractivity contribution in [3.05, 3.63) is 119 Å². The molecule has 0 aromatic heterocycles. The van der Waals surface area contributed by atoms with Gasteiger partial charge in [0.05, 0.1) is 0 Å². The monoisotopic (exact) mass is 384 g/mol. The Kier molecular flexibility index (Phi) is 3.59. The predicted molar refractivity (Wildman–Crippen MR) is 128 cm³/mol. The molecular formula is C28H20Si. The molecule has 0 atom stereocenters. The first kappa shape index (κ1) is 16.5. The Labute approximate surface area is 172 Å². The second kappa shape index (κ2) is 6.30. The lowest BCUT2D eigenvalue weighted by Crippen LogP contribution is -2.76. The van der Waals surface area contributed by atoms with Crippen LogP contribution >= 0.6 is 0 Å². The van der Waals surface area contributed by atoms with Gasteiger partial charge in [0, 0.05) is 0 Å². The molecule has 2 heterocycles. The van der Waals surface area contributed by atoms with Gasteiger partial charge in [-0.2, -0.15) is 0 Å². The molecule has 0 aliphatic carbocycles. The van der Waals surface area contributed by atoms with Crippen molar-refractivity contribution in [2.75, 3.05) is 0 Å². The molecule has 6 rings (SSSR count). The van der Waals surface area contributed by atoms with E-state index in [0.29, 0.717) is 0 Å². The lowest BCUT2D eigenvalue weighted by atomic mass is 10.1. The van der Waals surface area contributed by atoms with Crippen LogP contribution in [-0.2, 0) is 0 Å². The second-order valence-corrected chi connectivity index (χ2v) is 11.4. The Bertz CT molecular complexity index is 1100. The summed E-state index contributed by atoms with van der Waals surface area (Å²) in [6, 6.07) is 36.0. The van der Waals surface area contributed by atoms with Gasteiger partial charge in [0.25, 0.3) is 0 Å². The van der Waals surface area contributed by atoms with Crippen LogP contribution in [0.3, 0.4) is 0 Å². The Morgan fingerprint density at radius 1 is 0.310 bits per heavy atom. The molecular weight excluding hydrogens is 364 g/mol. The number of hydrogen-bond donors (Lipinski definition) is 0. The van der Waals surface area contributed by atoms with Gasteiger partial charge in [0.15, 0.2) is 8.07 Å². The molecule has 136 valence electrons. The van der Waals surface area contributed by atoms with Crippen molar-refractivity contribution >= 4 is 53.1 Å². The molecule has 2 aliphatic rings. The highest BCUT2D eigenvalue weighted by Gasteiger charge is 2.46. The van der Waals surface area contributed by atoms with E-state index in [4.69, 9.17) is 0 Å². The second-order valence-electron chi connectivity index (χ2n) is 7.77. The van der Waals surface area contributed by atoms with E-state index in [9.17, 15) is 0 Å². The molecule has 4 aromatic carbocycles. The van der Waals surface area contributed by atoms with Crippen molar-refractivity contribution in [2.24, 2.45) is 0 Å². The van der Waals surface area contributed by atoms with Crippen LogP contribution in [0.2, 0.25) is 0 Å². The Balaban J connectivity index is 1.90. The van der Waals surface area contributed by atoms with E-state index < -0.39 is 8.07 Å². The molecule has 0 saturated carbocycles. The molecule has 0 fully saturated rings. The number of benzene rings is 4. The van der Waals surface area contributed by atoms with Crippen molar-refractivity contribution in [1.29, 1.82) is 0 Å². The minimum atomic E-state index is -2.48. The third-order valence-electron chi connectivity index (χ3n) is 6.34. The lowest BCUT2D eigenvalue weighted by molar-refractivity contribution is 1.64. The zero-order valence-electron chi connectivity index (χ0n) is 16.0. The fourth-order valence-electron chi connectivity index (χ4n) is 5.17. The Morgan fingerprint density at radius 2 is 0.552 bits per heavy atom. The van der Waals surface area contributed by atoms with Crippen LogP contribution in [0.1, 0.15) is 22.3 Å². The summed E-state index contributed by atoms with van der Waals surface area (Å²) in [5.74, 6) is 0. The van der Waals surface area contributed by atoms with Crippen molar-refractivity contribution in [3.63, 3.8) is 0 Å². The SMILES string of the molecule is C1=Cc2ccccc2[Si]2(c3ccccc31)c1ccccc1C=Cc1ccccc12. The zero-order chi connectivity index (χ0) is 19.3. The molecule has 0 nitrogen and oxygen atoms in total. The van der Waals surface area contributed by atoms with Crippen molar-refractivity contribution < 1.29 is 0 Å². The van der Waals surface area contributed by atoms with Crippen LogP contribution in [0, 0.1) is 0 Å². The van der Waals surface area contributed by atoms with Gasteiger partial charge < -0.3 is 0 Å². The summed E-state index contributed by atoms with van der Waals surface area (Å²) in [6.45, 7) is 0. The predicted octanol–water partition coefficient (Wildman–Crippen LogP) is 4.03. The van der Waals surface area contributed by atoms with E-state index in [-0.39, 0.29) is 0 Å². The largest absolute Gasteiger partial charge is 0.182 e. The van der Waals surface area contributed by atoms with E-state index in [1.165, 1.54) is 43.0 Å². The molecule has 29 heavy (non-hydrogen) atoms. The average Bonchev–Trinajstić information content (AvgIpc) is 3.03. The van der Waals surface area contributed by atoms with Crippen molar-refractivity contribution in [3.8, 4) is 0 Å². The Morgan fingerprint density at radius 3 is 0.828 bits per heavy atom. The van der Waals surface area contributed by atoms with Gasteiger partial charge in [-0.25, -0.2) is 0 Å². The summed E-state index contributed by atoms with van der Waals surface area (Å²) in [7, 11) is -2.48. The van der Waals surface area contributed by atoms with E-state index in [1.807, 2.05) is 0 Å². The maximum absolute atomic E-state index is 2.48. The summed E-state index contributed by atoms with van der Waals surface area (Å²) in [4.78, 5) is 0. The molecule has 0 bridgehead atoms. The standard InChI is InChI=1S/C28H20Si/c1-5-13-25-21(9-1)17-18-22-10-2-6-14-26(22)29(25)27-15-7-3-11-23(27)19-20-24-12-4-8-16-28(24)29/h1-20H. The molecule has 0 radical (unpaired) electrons. The maximum Gasteiger partial charge on any atom is 0.182 e. The number of fused-ring (bicyclic) bond motifs is 8. The fraction of sp³-hybridized carbons (Fsp3) is 0. The normalized spacial score (nSPS) is 14.9. The highest BCUT2D eigenvalue weighted by molar-refractivity contribution is 7.21. The highest BCUT2D eigenvalue weighted by Crippen LogP contribution is 2.24. The summed E-state index contributed by atoms with van der Waals surface area (Å²) in [5.41, 5.74) is 5.34. The van der Waals surface area contributed by atoms with E-state index in [2.05, 4.69) is 121 Å². The third-order valence-corrected chi connectivity index (χ3v) is 11.4. The van der Waals surface area contributed by atoms with Crippen LogP contribution in [0.25, 0.3) is 24.3 Å². The zero-order valence-corrected chi connectivity index (χ0v) is 17.0. The van der Waals surface area contributed by atoms with Gasteiger partial charge in [-0.3, -0.25) is 0 Å². The van der Waals surface area contributed by atoms with Crippen molar-refractivity contribution in [1.82, 2.24) is 0 Å². The first-order chi connectivity index (χ1) is 14.4. The number of hydrogen-bond acceptors (Lipinski definition) is 0. The Hall–Kier alpha value is -3.42. The van der Waals surface area contributed by atoms with Crippen molar-refractivity contribution in [2.45, 2.75) is 0 Å². The molecule has 1 heteroatoms. The summed E-state index contributed by atoms with van der Waals surface area (Å²) in [6.07, 6.45) is 9.22. The quantitative estimate of drug-likeness (QED) is 0.347. The molecule has 2 aliphatic heterocycles. The van der Waals surface area contributed by atoms with Gasteiger partial charge in [-0.15, -0.1) is 0 Å². The number of rotatable bonds is 0. The van der Waals surface area contributed by atoms with Gasteiger partial charge in [0.2, 0.25) is 0 Å². The van der Waals surface area contributed by atoms with Crippen LogP contribution in [-0.4, -0.2) is 8.07 Å². The highest BCUT2D eigenvalue weighted by atomic mass is 28.3. The fourth-order valence-corrected chi connectivity index (χ4v) is 10.7. The van der Waals surface area contributed by atoms with Crippen LogP contribution in [0.15, 0.2) is 97.1 Å². The molecule has 4 aromatic rings. The maximum atomic E-state index is 2.37. The van der Waals surface area contributed by atoms with E-state index >= 15 is 0 Å². The minimum absolute atomic E-state index is 1.34. The third kappa shape index (κ3) is 2.25. The summed E-state index contributed by atoms with van der Waals surface area (Å²) in [5, 5.41) is 5.91. The van der Waals surface area contributed by atoms with Gasteiger partial charge >= 0.3 is 0 Å². The molecule has 1 spiro atoms. The van der Waals surface area contributed by atoms with Crippen LogP contribution in [0.5, 0.6) is 0 Å². The topological polar surface area (TPSA) is 0 Å². The van der Waals surface area contributed by atoms with Gasteiger partial charge in [0.1, 0.15) is 0 Å². The summed E-state index contributed by atoms with van der Waals surface area (Å²) >= 11 is 0. The first-order valence-corrected chi connectivity index (χ1v) is 12.1. The first-order valence-electron chi connectivity index (χ1n) is 10.1. The molecule has 0 unspecified atom stereocenters. The molecule has 0 N–H and O–H groups in total. The molecule has 0 saturated heterocycles. The average molecular weight is 385 g/mol. The van der Waals surface area contributed by atoms with Crippen LogP contribution in [0.4, 0.5) is 0 Å². The van der Waals surface area contributed by atoms with Crippen LogP contribution < -0.4 is 20.7 Å². The van der Waals surface area contributed by atoms with E-state index in [1.54, 1.807) is 0 Å². The van der Waals surface area contributed by atoms with E-state index in [0.717, 1.165) is 0 Å². The lowest BCUT2D eigenvalue weighted by Gasteiger charge is -2.36. The smallest absolute Gasteiger partial charge is 0.0623 e. The minimum Gasteiger partial charge on any atom is -0.0623 e. The summed E-state index contributed by atoms with van der Waals surface area (Å²) < 4.78 is 0. The van der Waals surface area contributed by atoms with Gasteiger partial charge in [-0.05, 0) is 43.0 Å². The van der Waals surface area contributed by atoms with Gasteiger partial charge in [-0.1, -0.05) is 121 Å². The molecule has 0 amide bonds.